The molecule has 21 heavy (non-hydrogen) atoms. The largest absolute Gasteiger partial charge is 0.481 e. The van der Waals surface area contributed by atoms with Crippen molar-refractivity contribution in [3.05, 3.63) is 27.2 Å². The molecule has 1 aromatic carbocycles. The number of hydrogen-bond donors (Lipinski definition) is 2. The van der Waals surface area contributed by atoms with Crippen molar-refractivity contribution in [1.29, 1.82) is 0 Å². The summed E-state index contributed by atoms with van der Waals surface area (Å²) < 4.78 is 0. The Hall–Kier alpha value is -1.01. The number of anilines is 1. The Kier molecular flexibility index (Phi) is 5.32. The lowest BCUT2D eigenvalue weighted by molar-refractivity contribution is -0.141. The Morgan fingerprint density at radius 3 is 2.43 bits per heavy atom. The van der Waals surface area contributed by atoms with Crippen molar-refractivity contribution in [2.45, 2.75) is 6.42 Å². The number of nitrogens with one attached hydrogen (secondary N) is 1. The van der Waals surface area contributed by atoms with E-state index in [4.69, 9.17) is 39.9 Å². The number of hydrogen-bond acceptors (Lipinski definition) is 3. The van der Waals surface area contributed by atoms with Gasteiger partial charge in [0.1, 0.15) is 0 Å². The van der Waals surface area contributed by atoms with E-state index in [1.54, 1.807) is 4.90 Å². The molecule has 1 aliphatic heterocycles. The average molecular weight is 352 g/mol. The molecule has 1 heterocycles. The first-order chi connectivity index (χ1) is 9.86. The molecule has 8 heteroatoms. The lowest BCUT2D eigenvalue weighted by Gasteiger charge is -2.16. The zero-order valence-corrected chi connectivity index (χ0v) is 13.2. The molecule has 1 fully saturated rings. The molecular weight excluding hydrogens is 339 g/mol. The first-order valence-corrected chi connectivity index (χ1v) is 7.39. The van der Waals surface area contributed by atoms with Gasteiger partial charge in [0.05, 0.1) is 28.2 Å². The van der Waals surface area contributed by atoms with Crippen molar-refractivity contribution in [2.75, 3.05) is 25.0 Å². The van der Waals surface area contributed by atoms with E-state index in [9.17, 15) is 9.59 Å². The Balaban J connectivity index is 1.96. The Bertz CT molecular complexity index is 557. The van der Waals surface area contributed by atoms with Crippen molar-refractivity contribution < 1.29 is 14.7 Å². The Morgan fingerprint density at radius 2 is 1.90 bits per heavy atom. The van der Waals surface area contributed by atoms with Crippen LogP contribution in [-0.2, 0) is 9.59 Å². The molecule has 0 aliphatic carbocycles. The number of benzene rings is 1. The van der Waals surface area contributed by atoms with E-state index in [0.29, 0.717) is 30.2 Å². The molecule has 2 rings (SSSR count). The maximum Gasteiger partial charge on any atom is 0.307 e. The maximum absolute atomic E-state index is 12.0. The lowest BCUT2D eigenvalue weighted by Crippen LogP contribution is -2.32. The highest BCUT2D eigenvalue weighted by Gasteiger charge is 2.29. The van der Waals surface area contributed by atoms with Crippen LogP contribution in [0.3, 0.4) is 0 Å². The fraction of sp³-hybridized carbons (Fsp3) is 0.385. The third-order valence-electron chi connectivity index (χ3n) is 3.26. The second-order valence-corrected chi connectivity index (χ2v) is 6.10. The summed E-state index contributed by atoms with van der Waals surface area (Å²) in [6.45, 7) is 1.04. The number of likely N-dealkylation sites (tertiary alicyclic amines) is 1. The van der Waals surface area contributed by atoms with Crippen LogP contribution in [0.1, 0.15) is 6.42 Å². The normalized spacial score (nSPS) is 18.7. The highest BCUT2D eigenvalue weighted by Crippen LogP contribution is 2.33. The molecule has 5 nitrogen and oxygen atoms in total. The van der Waals surface area contributed by atoms with Gasteiger partial charge < -0.3 is 10.4 Å². The molecule has 0 aromatic heterocycles. The van der Waals surface area contributed by atoms with Gasteiger partial charge in [-0.1, -0.05) is 34.8 Å². The van der Waals surface area contributed by atoms with Crippen LogP contribution < -0.4 is 5.32 Å². The highest BCUT2D eigenvalue weighted by molar-refractivity contribution is 6.42. The van der Waals surface area contributed by atoms with Gasteiger partial charge in [0.15, 0.2) is 0 Å². The molecule has 114 valence electrons. The summed E-state index contributed by atoms with van der Waals surface area (Å²) >= 11 is 17.8. The predicted octanol–water partition coefficient (Wildman–Crippen LogP) is 2.99. The van der Waals surface area contributed by atoms with Gasteiger partial charge in [-0.05, 0) is 25.1 Å². The zero-order chi connectivity index (χ0) is 15.6. The molecule has 0 radical (unpaired) electrons. The van der Waals surface area contributed by atoms with E-state index in [0.717, 1.165) is 0 Å². The first-order valence-electron chi connectivity index (χ1n) is 6.26. The number of carbonyl (C=O) groups is 2. The number of aliphatic carboxylic acids is 1. The molecular formula is C13H13Cl3N2O3. The number of carbonyl (C=O) groups excluding carboxylic acids is 1. The molecule has 0 saturated carbocycles. The molecule has 1 amide bonds. The van der Waals surface area contributed by atoms with Crippen molar-refractivity contribution in [2.24, 2.45) is 5.92 Å². The SMILES string of the molecule is O=C(CN1CCC(C(=O)O)C1)Nc1c(Cl)cc(Cl)cc1Cl. The Labute approximate surface area is 136 Å². The summed E-state index contributed by atoms with van der Waals surface area (Å²) in [4.78, 5) is 24.6. The second kappa shape index (κ2) is 6.83. The van der Waals surface area contributed by atoms with E-state index in [2.05, 4.69) is 5.32 Å². The molecule has 2 N–H and O–H groups in total. The van der Waals surface area contributed by atoms with Gasteiger partial charge in [-0.2, -0.15) is 0 Å². The van der Waals surface area contributed by atoms with Crippen molar-refractivity contribution >= 4 is 52.4 Å². The van der Waals surface area contributed by atoms with Crippen molar-refractivity contribution in [1.82, 2.24) is 4.90 Å². The third kappa shape index (κ3) is 4.23. The standard InChI is InChI=1S/C13H13Cl3N2O3/c14-8-3-9(15)12(10(16)4-8)17-11(19)6-18-2-1-7(5-18)13(20)21/h3-4,7H,1-2,5-6H2,(H,17,19)(H,20,21). The van der Waals surface area contributed by atoms with Gasteiger partial charge in [-0.3, -0.25) is 14.5 Å². The molecule has 1 unspecified atom stereocenters. The molecule has 0 bridgehead atoms. The molecule has 0 spiro atoms. The zero-order valence-electron chi connectivity index (χ0n) is 10.9. The summed E-state index contributed by atoms with van der Waals surface area (Å²) in [6.07, 6.45) is 0.547. The summed E-state index contributed by atoms with van der Waals surface area (Å²) in [6, 6.07) is 2.97. The fourth-order valence-electron chi connectivity index (χ4n) is 2.22. The van der Waals surface area contributed by atoms with Crippen LogP contribution in [0.4, 0.5) is 5.69 Å². The predicted molar refractivity (Wildman–Crippen MR) is 82.3 cm³/mol. The number of rotatable bonds is 4. The fourth-order valence-corrected chi connectivity index (χ4v) is 3.13. The smallest absolute Gasteiger partial charge is 0.307 e. The van der Waals surface area contributed by atoms with Crippen molar-refractivity contribution in [3.8, 4) is 0 Å². The maximum atomic E-state index is 12.0. The number of carboxylic acid groups (broad SMARTS) is 1. The number of amides is 1. The summed E-state index contributed by atoms with van der Waals surface area (Å²) in [5, 5.41) is 12.4. The quantitative estimate of drug-likeness (QED) is 0.875. The van der Waals surface area contributed by atoms with Crippen LogP contribution in [0.5, 0.6) is 0 Å². The van der Waals surface area contributed by atoms with Crippen LogP contribution in [0, 0.1) is 5.92 Å². The van der Waals surface area contributed by atoms with Crippen LogP contribution in [-0.4, -0.2) is 41.5 Å². The van der Waals surface area contributed by atoms with Gasteiger partial charge in [0, 0.05) is 11.6 Å². The number of carboxylic acids is 1. The monoisotopic (exact) mass is 350 g/mol. The van der Waals surface area contributed by atoms with Crippen LogP contribution in [0.2, 0.25) is 15.1 Å². The third-order valence-corrected chi connectivity index (χ3v) is 4.07. The molecule has 1 atom stereocenters. The minimum absolute atomic E-state index is 0.0963. The van der Waals surface area contributed by atoms with E-state index in [-0.39, 0.29) is 22.5 Å². The van der Waals surface area contributed by atoms with Crippen LogP contribution in [0.25, 0.3) is 0 Å². The summed E-state index contributed by atoms with van der Waals surface area (Å²) in [5.74, 6) is -1.55. The van der Waals surface area contributed by atoms with E-state index in [1.807, 2.05) is 0 Å². The first kappa shape index (κ1) is 16.4. The summed E-state index contributed by atoms with van der Waals surface area (Å²) in [5.41, 5.74) is 0.307. The lowest BCUT2D eigenvalue weighted by atomic mass is 10.1. The number of nitrogens with zero attached hydrogens (tertiary/aromatic N) is 1. The molecule has 1 aliphatic rings. The van der Waals surface area contributed by atoms with Crippen LogP contribution in [0.15, 0.2) is 12.1 Å². The van der Waals surface area contributed by atoms with Gasteiger partial charge >= 0.3 is 5.97 Å². The van der Waals surface area contributed by atoms with E-state index in [1.165, 1.54) is 12.1 Å². The summed E-state index contributed by atoms with van der Waals surface area (Å²) in [7, 11) is 0. The molecule has 1 aromatic rings. The van der Waals surface area contributed by atoms with E-state index < -0.39 is 11.9 Å². The van der Waals surface area contributed by atoms with Gasteiger partial charge in [0.25, 0.3) is 0 Å². The average Bonchev–Trinajstić information content (AvgIpc) is 2.82. The van der Waals surface area contributed by atoms with Crippen molar-refractivity contribution in [3.63, 3.8) is 0 Å². The highest BCUT2D eigenvalue weighted by atomic mass is 35.5. The molecule has 1 saturated heterocycles. The number of halogens is 3. The second-order valence-electron chi connectivity index (χ2n) is 4.85. The minimum atomic E-state index is -0.832. The topological polar surface area (TPSA) is 69.6 Å². The van der Waals surface area contributed by atoms with Crippen LogP contribution >= 0.6 is 34.8 Å². The van der Waals surface area contributed by atoms with Gasteiger partial charge in [0.2, 0.25) is 5.91 Å². The Morgan fingerprint density at radius 1 is 1.29 bits per heavy atom. The van der Waals surface area contributed by atoms with E-state index >= 15 is 0 Å². The minimum Gasteiger partial charge on any atom is -0.481 e. The van der Waals surface area contributed by atoms with Gasteiger partial charge in [-0.25, -0.2) is 0 Å². The van der Waals surface area contributed by atoms with Gasteiger partial charge in [-0.15, -0.1) is 0 Å².